The van der Waals surface area contributed by atoms with Crippen LogP contribution in [0.5, 0.6) is 0 Å². The molecule has 0 radical (unpaired) electrons. The molecule has 6 heteroatoms. The molecule has 114 valence electrons. The van der Waals surface area contributed by atoms with E-state index in [0.29, 0.717) is 11.4 Å². The molecule has 1 aromatic rings. The van der Waals surface area contributed by atoms with Gasteiger partial charge in [-0.2, -0.15) is 4.31 Å². The zero-order valence-corrected chi connectivity index (χ0v) is 14.1. The van der Waals surface area contributed by atoms with Crippen LogP contribution in [0.15, 0.2) is 11.0 Å². The van der Waals surface area contributed by atoms with Gasteiger partial charge in [0.25, 0.3) is 0 Å². The maximum absolute atomic E-state index is 12.9. The molecular weight excluding hydrogens is 292 g/mol. The highest BCUT2D eigenvalue weighted by Crippen LogP contribution is 2.32. The van der Waals surface area contributed by atoms with Crippen LogP contribution in [-0.4, -0.2) is 38.9 Å². The lowest BCUT2D eigenvalue weighted by atomic mass is 10.0. The number of thiophene rings is 1. The van der Waals surface area contributed by atoms with Crippen LogP contribution in [0.2, 0.25) is 0 Å². The monoisotopic (exact) mass is 316 g/mol. The third kappa shape index (κ3) is 3.24. The normalized spacial score (nSPS) is 21.2. The van der Waals surface area contributed by atoms with Gasteiger partial charge in [0, 0.05) is 22.3 Å². The molecule has 2 heterocycles. The van der Waals surface area contributed by atoms with E-state index >= 15 is 0 Å². The molecule has 0 amide bonds. The first-order valence-electron chi connectivity index (χ1n) is 7.20. The van der Waals surface area contributed by atoms with Crippen molar-refractivity contribution in [2.24, 2.45) is 0 Å². The SMILES string of the molecule is CNCCC1CCCCN1S(=O)(=O)c1cc(C)sc1C. The van der Waals surface area contributed by atoms with Crippen molar-refractivity contribution in [2.45, 2.75) is 50.5 Å². The van der Waals surface area contributed by atoms with E-state index in [1.54, 1.807) is 15.6 Å². The quantitative estimate of drug-likeness (QED) is 0.908. The van der Waals surface area contributed by atoms with E-state index in [2.05, 4.69) is 5.32 Å². The second-order valence-electron chi connectivity index (χ2n) is 5.44. The Morgan fingerprint density at radius 3 is 2.75 bits per heavy atom. The Morgan fingerprint density at radius 2 is 2.15 bits per heavy atom. The van der Waals surface area contributed by atoms with Gasteiger partial charge in [0.2, 0.25) is 10.0 Å². The summed E-state index contributed by atoms with van der Waals surface area (Å²) in [6.07, 6.45) is 3.96. The first-order valence-corrected chi connectivity index (χ1v) is 9.46. The van der Waals surface area contributed by atoms with Crippen LogP contribution >= 0.6 is 11.3 Å². The number of hydrogen-bond acceptors (Lipinski definition) is 4. The topological polar surface area (TPSA) is 49.4 Å². The Kier molecular flexibility index (Phi) is 5.23. The first kappa shape index (κ1) is 15.9. The van der Waals surface area contributed by atoms with E-state index < -0.39 is 10.0 Å². The van der Waals surface area contributed by atoms with Crippen LogP contribution in [0.1, 0.15) is 35.4 Å². The Balaban J connectivity index is 2.28. The Hall–Kier alpha value is -0.430. The standard InChI is InChI=1S/C14H24N2O2S2/c1-11-10-14(12(2)19-11)20(17,18)16-9-5-4-6-13(16)7-8-15-3/h10,13,15H,4-9H2,1-3H3. The zero-order chi connectivity index (χ0) is 14.8. The minimum absolute atomic E-state index is 0.140. The van der Waals surface area contributed by atoms with E-state index in [1.807, 2.05) is 27.0 Å². The number of nitrogens with one attached hydrogen (secondary N) is 1. The van der Waals surface area contributed by atoms with Gasteiger partial charge in [-0.05, 0) is 52.8 Å². The van der Waals surface area contributed by atoms with Gasteiger partial charge in [-0.25, -0.2) is 8.42 Å². The van der Waals surface area contributed by atoms with Gasteiger partial charge in [0.05, 0.1) is 4.90 Å². The highest BCUT2D eigenvalue weighted by Gasteiger charge is 2.34. The molecule has 1 aromatic heterocycles. The number of hydrogen-bond donors (Lipinski definition) is 1. The number of nitrogens with zero attached hydrogens (tertiary/aromatic N) is 1. The summed E-state index contributed by atoms with van der Waals surface area (Å²) in [5, 5.41) is 3.12. The summed E-state index contributed by atoms with van der Waals surface area (Å²) in [5.74, 6) is 0. The molecule has 0 bridgehead atoms. The molecule has 0 spiro atoms. The molecule has 1 saturated heterocycles. The molecule has 0 aromatic carbocycles. The Morgan fingerprint density at radius 1 is 1.40 bits per heavy atom. The van der Waals surface area contributed by atoms with E-state index in [-0.39, 0.29) is 6.04 Å². The van der Waals surface area contributed by atoms with Gasteiger partial charge in [-0.1, -0.05) is 6.42 Å². The molecule has 1 atom stereocenters. The lowest BCUT2D eigenvalue weighted by Gasteiger charge is -2.34. The first-order chi connectivity index (χ1) is 9.46. The van der Waals surface area contributed by atoms with Crippen LogP contribution in [0, 0.1) is 13.8 Å². The van der Waals surface area contributed by atoms with Crippen molar-refractivity contribution in [1.82, 2.24) is 9.62 Å². The minimum atomic E-state index is -3.34. The summed E-state index contributed by atoms with van der Waals surface area (Å²) in [6, 6.07) is 1.96. The summed E-state index contributed by atoms with van der Waals surface area (Å²) in [5.41, 5.74) is 0. The maximum atomic E-state index is 12.9. The second-order valence-corrected chi connectivity index (χ2v) is 8.75. The highest BCUT2D eigenvalue weighted by molar-refractivity contribution is 7.89. The van der Waals surface area contributed by atoms with Gasteiger partial charge in [-0.3, -0.25) is 0 Å². The Bertz CT molecular complexity index is 552. The van der Waals surface area contributed by atoms with E-state index in [9.17, 15) is 8.42 Å². The highest BCUT2D eigenvalue weighted by atomic mass is 32.2. The average Bonchev–Trinajstić information content (AvgIpc) is 2.76. The second kappa shape index (κ2) is 6.56. The van der Waals surface area contributed by atoms with Crippen molar-refractivity contribution >= 4 is 21.4 Å². The van der Waals surface area contributed by atoms with Gasteiger partial charge in [0.1, 0.15) is 0 Å². The van der Waals surface area contributed by atoms with Crippen LogP contribution in [0.3, 0.4) is 0 Å². The summed E-state index contributed by atoms with van der Waals surface area (Å²) < 4.78 is 27.6. The molecule has 0 saturated carbocycles. The maximum Gasteiger partial charge on any atom is 0.244 e. The molecular formula is C14H24N2O2S2. The van der Waals surface area contributed by atoms with E-state index in [1.165, 1.54) is 0 Å². The van der Waals surface area contributed by atoms with Crippen molar-refractivity contribution in [1.29, 1.82) is 0 Å². The fraction of sp³-hybridized carbons (Fsp3) is 0.714. The zero-order valence-electron chi connectivity index (χ0n) is 12.5. The molecule has 2 rings (SSSR count). The molecule has 1 aliphatic rings. The summed E-state index contributed by atoms with van der Waals surface area (Å²) >= 11 is 1.56. The molecule has 0 aliphatic carbocycles. The smallest absolute Gasteiger partial charge is 0.244 e. The number of sulfonamides is 1. The number of rotatable bonds is 5. The lowest BCUT2D eigenvalue weighted by Crippen LogP contribution is -2.44. The number of aryl methyl sites for hydroxylation is 2. The van der Waals surface area contributed by atoms with Crippen molar-refractivity contribution in [3.05, 3.63) is 15.8 Å². The molecule has 1 unspecified atom stereocenters. The fourth-order valence-electron chi connectivity index (χ4n) is 2.88. The van der Waals surface area contributed by atoms with Gasteiger partial charge in [-0.15, -0.1) is 11.3 Å². The largest absolute Gasteiger partial charge is 0.320 e. The van der Waals surface area contributed by atoms with E-state index in [0.717, 1.165) is 42.0 Å². The van der Waals surface area contributed by atoms with Crippen LogP contribution in [0.4, 0.5) is 0 Å². The van der Waals surface area contributed by atoms with Gasteiger partial charge >= 0.3 is 0 Å². The minimum Gasteiger partial charge on any atom is -0.320 e. The molecule has 20 heavy (non-hydrogen) atoms. The van der Waals surface area contributed by atoms with Crippen LogP contribution < -0.4 is 5.32 Å². The predicted molar refractivity (Wildman–Crippen MR) is 83.9 cm³/mol. The van der Waals surface area contributed by atoms with Gasteiger partial charge in [0.15, 0.2) is 0 Å². The average molecular weight is 316 g/mol. The van der Waals surface area contributed by atoms with Crippen molar-refractivity contribution in [3.63, 3.8) is 0 Å². The van der Waals surface area contributed by atoms with Crippen molar-refractivity contribution in [2.75, 3.05) is 20.1 Å². The van der Waals surface area contributed by atoms with Gasteiger partial charge < -0.3 is 5.32 Å². The molecule has 1 aliphatic heterocycles. The predicted octanol–water partition coefficient (Wildman–Crippen LogP) is 2.52. The lowest BCUT2D eigenvalue weighted by molar-refractivity contribution is 0.240. The van der Waals surface area contributed by atoms with Crippen LogP contribution in [0.25, 0.3) is 0 Å². The third-order valence-electron chi connectivity index (χ3n) is 3.88. The third-order valence-corrected chi connectivity index (χ3v) is 7.06. The van der Waals surface area contributed by atoms with Crippen LogP contribution in [-0.2, 0) is 10.0 Å². The summed E-state index contributed by atoms with van der Waals surface area (Å²) in [7, 11) is -1.42. The van der Waals surface area contributed by atoms with Crippen molar-refractivity contribution < 1.29 is 8.42 Å². The molecule has 1 fully saturated rings. The summed E-state index contributed by atoms with van der Waals surface area (Å²) in [6.45, 7) is 5.38. The Labute approximate surface area is 126 Å². The molecule has 4 nitrogen and oxygen atoms in total. The summed E-state index contributed by atoms with van der Waals surface area (Å²) in [4.78, 5) is 2.47. The van der Waals surface area contributed by atoms with Crippen molar-refractivity contribution in [3.8, 4) is 0 Å². The fourth-order valence-corrected chi connectivity index (χ4v) is 6.13. The van der Waals surface area contributed by atoms with E-state index in [4.69, 9.17) is 0 Å². The molecule has 1 N–H and O–H groups in total. The number of piperidine rings is 1.